The Morgan fingerprint density at radius 2 is 1.70 bits per heavy atom. The molecule has 2 N–H and O–H groups in total. The summed E-state index contributed by atoms with van der Waals surface area (Å²) in [4.78, 5) is 12.3. The fourth-order valence-electron chi connectivity index (χ4n) is 2.32. The van der Waals surface area contributed by atoms with Crippen molar-refractivity contribution in [3.05, 3.63) is 65.7 Å². The summed E-state index contributed by atoms with van der Waals surface area (Å²) >= 11 is 0. The van der Waals surface area contributed by atoms with Gasteiger partial charge in [-0.2, -0.15) is 0 Å². The summed E-state index contributed by atoms with van der Waals surface area (Å²) in [6.07, 6.45) is 2.73. The first-order chi connectivity index (χ1) is 13.0. The van der Waals surface area contributed by atoms with Gasteiger partial charge in [0.2, 0.25) is 0 Å². The number of allylic oxidation sites excluding steroid dienone is 1. The molecule has 0 aliphatic carbocycles. The quantitative estimate of drug-likeness (QED) is 0.497. The average molecular weight is 369 g/mol. The monoisotopic (exact) mass is 369 g/mol. The lowest BCUT2D eigenvalue weighted by Gasteiger charge is -2.15. The molecule has 5 heteroatoms. The fraction of sp³-hybridized carbons (Fsp3) is 0.318. The third-order valence-electron chi connectivity index (χ3n) is 3.89. The van der Waals surface area contributed by atoms with Gasteiger partial charge in [0.25, 0.3) is 0 Å². The third kappa shape index (κ3) is 7.25. The minimum atomic E-state index is -0.582. The standard InChI is InChI=1S/C22H27NO4/c1-16(2)23-14-19(24)15-27-21-11-7-18(8-12-21)22(25)13-6-17-4-9-20(26-3)10-5-17/h4-13,16,19,23-24H,14-15H2,1-3H3/b13-6+. The van der Waals surface area contributed by atoms with Crippen LogP contribution in [0.15, 0.2) is 54.6 Å². The highest BCUT2D eigenvalue weighted by molar-refractivity contribution is 6.06. The number of hydrogen-bond acceptors (Lipinski definition) is 5. The van der Waals surface area contributed by atoms with Crippen LogP contribution in [0.2, 0.25) is 0 Å². The highest BCUT2D eigenvalue weighted by atomic mass is 16.5. The summed E-state index contributed by atoms with van der Waals surface area (Å²) in [6.45, 7) is 4.72. The van der Waals surface area contributed by atoms with Gasteiger partial charge in [-0.3, -0.25) is 4.79 Å². The zero-order valence-electron chi connectivity index (χ0n) is 16.0. The lowest BCUT2D eigenvalue weighted by atomic mass is 10.1. The summed E-state index contributed by atoms with van der Waals surface area (Å²) in [6, 6.07) is 14.7. The highest BCUT2D eigenvalue weighted by Crippen LogP contribution is 2.15. The molecular formula is C22H27NO4. The molecule has 0 spiro atoms. The molecule has 0 saturated heterocycles. The molecule has 0 saturated carbocycles. The van der Waals surface area contributed by atoms with Crippen LogP contribution >= 0.6 is 0 Å². The van der Waals surface area contributed by atoms with Gasteiger partial charge in [0.1, 0.15) is 24.2 Å². The number of aliphatic hydroxyl groups is 1. The largest absolute Gasteiger partial charge is 0.497 e. The third-order valence-corrected chi connectivity index (χ3v) is 3.89. The molecule has 2 rings (SSSR count). The maximum atomic E-state index is 12.3. The van der Waals surface area contributed by atoms with E-state index in [-0.39, 0.29) is 12.4 Å². The van der Waals surface area contributed by atoms with Crippen LogP contribution < -0.4 is 14.8 Å². The predicted octanol–water partition coefficient (Wildman–Crippen LogP) is 3.33. The second-order valence-electron chi connectivity index (χ2n) is 6.52. The summed E-state index contributed by atoms with van der Waals surface area (Å²) in [5.74, 6) is 1.31. The first-order valence-corrected chi connectivity index (χ1v) is 8.98. The van der Waals surface area contributed by atoms with Crippen molar-refractivity contribution in [1.82, 2.24) is 5.32 Å². The fourth-order valence-corrected chi connectivity index (χ4v) is 2.32. The SMILES string of the molecule is COc1ccc(/C=C/C(=O)c2ccc(OCC(O)CNC(C)C)cc2)cc1. The van der Waals surface area contributed by atoms with E-state index in [9.17, 15) is 9.90 Å². The van der Waals surface area contributed by atoms with Crippen LogP contribution in [0.25, 0.3) is 6.08 Å². The van der Waals surface area contributed by atoms with Crippen LogP contribution in [-0.4, -0.2) is 43.3 Å². The van der Waals surface area contributed by atoms with Crippen LogP contribution in [0.3, 0.4) is 0 Å². The topological polar surface area (TPSA) is 67.8 Å². The van der Waals surface area contributed by atoms with Crippen molar-refractivity contribution < 1.29 is 19.4 Å². The van der Waals surface area contributed by atoms with Crippen molar-refractivity contribution in [3.8, 4) is 11.5 Å². The van der Waals surface area contributed by atoms with E-state index in [1.807, 2.05) is 38.1 Å². The van der Waals surface area contributed by atoms with Gasteiger partial charge in [0.05, 0.1) is 7.11 Å². The lowest BCUT2D eigenvalue weighted by Crippen LogP contribution is -2.35. The van der Waals surface area contributed by atoms with Gasteiger partial charge in [0.15, 0.2) is 5.78 Å². The number of ketones is 1. The van der Waals surface area contributed by atoms with Gasteiger partial charge in [-0.1, -0.05) is 32.1 Å². The molecule has 0 heterocycles. The zero-order valence-corrected chi connectivity index (χ0v) is 16.0. The number of nitrogens with one attached hydrogen (secondary N) is 1. The van der Waals surface area contributed by atoms with Crippen LogP contribution in [-0.2, 0) is 0 Å². The highest BCUT2D eigenvalue weighted by Gasteiger charge is 2.07. The second-order valence-corrected chi connectivity index (χ2v) is 6.52. The summed E-state index contributed by atoms with van der Waals surface area (Å²) in [5, 5.41) is 13.0. The Balaban J connectivity index is 1.86. The maximum absolute atomic E-state index is 12.3. The van der Waals surface area contributed by atoms with E-state index in [0.29, 0.717) is 23.9 Å². The van der Waals surface area contributed by atoms with Crippen LogP contribution in [0.5, 0.6) is 11.5 Å². The molecule has 27 heavy (non-hydrogen) atoms. The molecule has 0 aromatic heterocycles. The Kier molecular flexibility index (Phi) is 8.04. The predicted molar refractivity (Wildman–Crippen MR) is 107 cm³/mol. The Morgan fingerprint density at radius 3 is 2.30 bits per heavy atom. The van der Waals surface area contributed by atoms with E-state index in [1.165, 1.54) is 0 Å². The molecule has 2 aromatic carbocycles. The molecule has 0 aliphatic rings. The van der Waals surface area contributed by atoms with Crippen molar-refractivity contribution in [2.24, 2.45) is 0 Å². The normalized spacial score (nSPS) is 12.3. The van der Waals surface area contributed by atoms with Gasteiger partial charge >= 0.3 is 0 Å². The second kappa shape index (κ2) is 10.5. The molecule has 0 fully saturated rings. The van der Waals surface area contributed by atoms with Crippen molar-refractivity contribution >= 4 is 11.9 Å². The number of carbonyl (C=O) groups is 1. The number of aliphatic hydroxyl groups excluding tert-OH is 1. The van der Waals surface area contributed by atoms with E-state index in [2.05, 4.69) is 5.32 Å². The Labute approximate surface area is 160 Å². The molecule has 0 bridgehead atoms. The van der Waals surface area contributed by atoms with E-state index in [1.54, 1.807) is 43.5 Å². The Morgan fingerprint density at radius 1 is 1.07 bits per heavy atom. The summed E-state index contributed by atoms with van der Waals surface area (Å²) in [5.41, 5.74) is 1.50. The van der Waals surface area contributed by atoms with Crippen molar-refractivity contribution in [2.45, 2.75) is 26.0 Å². The van der Waals surface area contributed by atoms with Crippen LogP contribution in [0.1, 0.15) is 29.8 Å². The molecule has 2 aromatic rings. The molecule has 144 valence electrons. The molecule has 1 unspecified atom stereocenters. The lowest BCUT2D eigenvalue weighted by molar-refractivity contribution is 0.103. The molecule has 0 amide bonds. The number of rotatable bonds is 10. The molecule has 5 nitrogen and oxygen atoms in total. The minimum Gasteiger partial charge on any atom is -0.497 e. The van der Waals surface area contributed by atoms with E-state index in [0.717, 1.165) is 11.3 Å². The molecule has 1 atom stereocenters. The number of benzene rings is 2. The Hall–Kier alpha value is -2.63. The number of methoxy groups -OCH3 is 1. The van der Waals surface area contributed by atoms with E-state index >= 15 is 0 Å². The van der Waals surface area contributed by atoms with Crippen LogP contribution in [0, 0.1) is 0 Å². The smallest absolute Gasteiger partial charge is 0.185 e. The Bertz CT molecular complexity index is 736. The van der Waals surface area contributed by atoms with Gasteiger partial charge in [-0.15, -0.1) is 0 Å². The number of ether oxygens (including phenoxy) is 2. The molecule has 0 radical (unpaired) electrons. The maximum Gasteiger partial charge on any atom is 0.185 e. The summed E-state index contributed by atoms with van der Waals surface area (Å²) < 4.78 is 10.7. The number of carbonyl (C=O) groups excluding carboxylic acids is 1. The average Bonchev–Trinajstić information content (AvgIpc) is 2.69. The van der Waals surface area contributed by atoms with Crippen molar-refractivity contribution in [2.75, 3.05) is 20.3 Å². The minimum absolute atomic E-state index is 0.0847. The van der Waals surface area contributed by atoms with Gasteiger partial charge in [-0.05, 0) is 48.0 Å². The van der Waals surface area contributed by atoms with Crippen molar-refractivity contribution in [1.29, 1.82) is 0 Å². The van der Waals surface area contributed by atoms with Crippen molar-refractivity contribution in [3.63, 3.8) is 0 Å². The van der Waals surface area contributed by atoms with E-state index < -0.39 is 6.10 Å². The number of hydrogen-bond donors (Lipinski definition) is 2. The molecule has 0 aliphatic heterocycles. The van der Waals surface area contributed by atoms with Gasteiger partial charge in [-0.25, -0.2) is 0 Å². The first kappa shape index (κ1) is 20.7. The van der Waals surface area contributed by atoms with E-state index in [4.69, 9.17) is 9.47 Å². The van der Waals surface area contributed by atoms with Gasteiger partial charge in [0, 0.05) is 18.2 Å². The first-order valence-electron chi connectivity index (χ1n) is 8.98. The zero-order chi connectivity index (χ0) is 19.6. The molecular weight excluding hydrogens is 342 g/mol. The summed E-state index contributed by atoms with van der Waals surface area (Å²) in [7, 11) is 1.62. The van der Waals surface area contributed by atoms with Crippen LogP contribution in [0.4, 0.5) is 0 Å². The van der Waals surface area contributed by atoms with Gasteiger partial charge < -0.3 is 19.9 Å².